The lowest BCUT2D eigenvalue weighted by molar-refractivity contribution is -0.0105. The number of likely N-dealkylation sites (N-methyl/N-ethyl adjacent to an activating group) is 1. The second kappa shape index (κ2) is 5.66. The third-order valence-corrected chi connectivity index (χ3v) is 4.38. The average Bonchev–Trinajstić information content (AvgIpc) is 2.83. The molecule has 2 N–H and O–H groups in total. The van der Waals surface area contributed by atoms with Crippen LogP contribution in [0, 0.1) is 0 Å². The SMILES string of the molecule is CNC(c1ccc2c(c1)C(=O)NCCO2)C1(C)CCCO1. The number of fused-ring (bicyclic) bond motifs is 1. The van der Waals surface area contributed by atoms with Crippen LogP contribution in [0.15, 0.2) is 18.2 Å². The first-order chi connectivity index (χ1) is 10.1. The number of benzene rings is 1. The Labute approximate surface area is 125 Å². The first-order valence-electron chi connectivity index (χ1n) is 7.50. The predicted octanol–water partition coefficient (Wildman–Crippen LogP) is 1.64. The summed E-state index contributed by atoms with van der Waals surface area (Å²) in [5.41, 5.74) is 1.43. The van der Waals surface area contributed by atoms with Crippen molar-refractivity contribution in [1.29, 1.82) is 0 Å². The van der Waals surface area contributed by atoms with Gasteiger partial charge < -0.3 is 20.1 Å². The largest absolute Gasteiger partial charge is 0.491 e. The van der Waals surface area contributed by atoms with Gasteiger partial charge in [0.05, 0.1) is 23.8 Å². The van der Waals surface area contributed by atoms with Gasteiger partial charge in [-0.3, -0.25) is 4.79 Å². The summed E-state index contributed by atoms with van der Waals surface area (Å²) in [4.78, 5) is 12.1. The van der Waals surface area contributed by atoms with Crippen molar-refractivity contribution in [1.82, 2.24) is 10.6 Å². The molecule has 1 saturated heterocycles. The smallest absolute Gasteiger partial charge is 0.255 e. The molecule has 0 saturated carbocycles. The number of hydrogen-bond acceptors (Lipinski definition) is 4. The fourth-order valence-corrected chi connectivity index (χ4v) is 3.30. The zero-order valence-electron chi connectivity index (χ0n) is 12.6. The van der Waals surface area contributed by atoms with Gasteiger partial charge in [-0.2, -0.15) is 0 Å². The van der Waals surface area contributed by atoms with Crippen LogP contribution < -0.4 is 15.4 Å². The van der Waals surface area contributed by atoms with Crippen LogP contribution in [0.5, 0.6) is 5.75 Å². The Morgan fingerprint density at radius 1 is 1.38 bits per heavy atom. The number of amides is 1. The molecule has 0 aromatic heterocycles. The van der Waals surface area contributed by atoms with Gasteiger partial charge in [0, 0.05) is 6.61 Å². The normalized spacial score (nSPS) is 26.5. The van der Waals surface area contributed by atoms with Crippen molar-refractivity contribution >= 4 is 5.91 Å². The maximum atomic E-state index is 12.1. The Morgan fingerprint density at radius 2 is 2.24 bits per heavy atom. The highest BCUT2D eigenvalue weighted by Gasteiger charge is 2.39. The van der Waals surface area contributed by atoms with Crippen LogP contribution in [-0.4, -0.2) is 38.3 Å². The summed E-state index contributed by atoms with van der Waals surface area (Å²) < 4.78 is 11.6. The van der Waals surface area contributed by atoms with E-state index in [4.69, 9.17) is 9.47 Å². The molecule has 21 heavy (non-hydrogen) atoms. The Balaban J connectivity index is 1.96. The van der Waals surface area contributed by atoms with Gasteiger partial charge in [0.25, 0.3) is 5.91 Å². The van der Waals surface area contributed by atoms with E-state index >= 15 is 0 Å². The van der Waals surface area contributed by atoms with Crippen molar-refractivity contribution in [2.24, 2.45) is 0 Å². The van der Waals surface area contributed by atoms with E-state index in [0.29, 0.717) is 24.5 Å². The zero-order chi connectivity index (χ0) is 14.9. The molecular weight excluding hydrogens is 268 g/mol. The first kappa shape index (κ1) is 14.4. The summed E-state index contributed by atoms with van der Waals surface area (Å²) in [6, 6.07) is 5.88. The van der Waals surface area contributed by atoms with Gasteiger partial charge in [0.2, 0.25) is 0 Å². The van der Waals surface area contributed by atoms with Gasteiger partial charge in [-0.1, -0.05) is 6.07 Å². The number of carbonyl (C=O) groups excluding carboxylic acids is 1. The van der Waals surface area contributed by atoms with Crippen LogP contribution in [0.2, 0.25) is 0 Å². The monoisotopic (exact) mass is 290 g/mol. The van der Waals surface area contributed by atoms with Crippen LogP contribution in [0.25, 0.3) is 0 Å². The molecule has 0 bridgehead atoms. The van der Waals surface area contributed by atoms with Crippen molar-refractivity contribution in [3.05, 3.63) is 29.3 Å². The van der Waals surface area contributed by atoms with Crippen molar-refractivity contribution in [2.75, 3.05) is 26.8 Å². The fraction of sp³-hybridized carbons (Fsp3) is 0.562. The molecule has 2 unspecified atom stereocenters. The van der Waals surface area contributed by atoms with Crippen molar-refractivity contribution in [3.63, 3.8) is 0 Å². The molecule has 1 fully saturated rings. The Hall–Kier alpha value is -1.59. The highest BCUT2D eigenvalue weighted by Crippen LogP contribution is 2.38. The standard InChI is InChI=1S/C16H22N2O3/c1-16(6-3-8-21-16)14(17-2)11-4-5-13-12(10-11)15(19)18-7-9-20-13/h4-5,10,14,17H,3,6-9H2,1-2H3,(H,18,19). The molecule has 2 atom stereocenters. The predicted molar refractivity (Wildman–Crippen MR) is 79.7 cm³/mol. The number of ether oxygens (including phenoxy) is 2. The number of hydrogen-bond donors (Lipinski definition) is 2. The summed E-state index contributed by atoms with van der Waals surface area (Å²) in [6.45, 7) is 3.97. The second-order valence-corrected chi connectivity index (χ2v) is 5.85. The van der Waals surface area contributed by atoms with E-state index in [1.807, 2.05) is 25.2 Å². The molecule has 5 heteroatoms. The highest BCUT2D eigenvalue weighted by atomic mass is 16.5. The lowest BCUT2D eigenvalue weighted by Gasteiger charge is -2.33. The van der Waals surface area contributed by atoms with Gasteiger partial charge in [-0.25, -0.2) is 0 Å². The second-order valence-electron chi connectivity index (χ2n) is 5.85. The molecule has 2 aliphatic rings. The van der Waals surface area contributed by atoms with Gasteiger partial charge in [-0.05, 0) is 44.5 Å². The summed E-state index contributed by atoms with van der Waals surface area (Å²) in [7, 11) is 1.93. The highest BCUT2D eigenvalue weighted by molar-refractivity contribution is 5.97. The van der Waals surface area contributed by atoms with E-state index in [9.17, 15) is 4.79 Å². The van der Waals surface area contributed by atoms with Gasteiger partial charge in [0.1, 0.15) is 12.4 Å². The van der Waals surface area contributed by atoms with Crippen LogP contribution in [-0.2, 0) is 4.74 Å². The summed E-state index contributed by atoms with van der Waals surface area (Å²) in [6.07, 6.45) is 2.08. The van der Waals surface area contributed by atoms with E-state index in [1.54, 1.807) is 0 Å². The Kier molecular flexibility index (Phi) is 3.87. The van der Waals surface area contributed by atoms with Crippen LogP contribution in [0.3, 0.4) is 0 Å². The number of carbonyl (C=O) groups is 1. The van der Waals surface area contributed by atoms with E-state index in [1.165, 1.54) is 0 Å². The van der Waals surface area contributed by atoms with Crippen molar-refractivity contribution in [2.45, 2.75) is 31.4 Å². The van der Waals surface area contributed by atoms with E-state index < -0.39 is 0 Å². The Bertz CT molecular complexity index is 538. The molecule has 5 nitrogen and oxygen atoms in total. The van der Waals surface area contributed by atoms with Crippen LogP contribution in [0.4, 0.5) is 0 Å². The van der Waals surface area contributed by atoms with Gasteiger partial charge in [0.15, 0.2) is 0 Å². The molecule has 2 heterocycles. The zero-order valence-corrected chi connectivity index (χ0v) is 12.6. The molecule has 0 spiro atoms. The molecule has 2 aliphatic heterocycles. The quantitative estimate of drug-likeness (QED) is 0.888. The van der Waals surface area contributed by atoms with E-state index in [0.717, 1.165) is 25.0 Å². The number of rotatable bonds is 3. The summed E-state index contributed by atoms with van der Waals surface area (Å²) in [5, 5.41) is 6.19. The Morgan fingerprint density at radius 3 is 2.95 bits per heavy atom. The summed E-state index contributed by atoms with van der Waals surface area (Å²) in [5.74, 6) is 0.581. The first-order valence-corrected chi connectivity index (χ1v) is 7.50. The molecule has 114 valence electrons. The van der Waals surface area contributed by atoms with Crippen molar-refractivity contribution < 1.29 is 14.3 Å². The third-order valence-electron chi connectivity index (χ3n) is 4.38. The third kappa shape index (κ3) is 2.63. The fourth-order valence-electron chi connectivity index (χ4n) is 3.30. The molecule has 1 aromatic carbocycles. The van der Waals surface area contributed by atoms with E-state index in [-0.39, 0.29) is 17.6 Å². The minimum Gasteiger partial charge on any atom is -0.491 e. The van der Waals surface area contributed by atoms with Crippen LogP contribution >= 0.6 is 0 Å². The van der Waals surface area contributed by atoms with Crippen LogP contribution in [0.1, 0.15) is 41.7 Å². The topological polar surface area (TPSA) is 59.6 Å². The lowest BCUT2D eigenvalue weighted by atomic mass is 9.87. The molecule has 0 radical (unpaired) electrons. The molecule has 3 rings (SSSR count). The van der Waals surface area contributed by atoms with Crippen molar-refractivity contribution in [3.8, 4) is 5.75 Å². The lowest BCUT2D eigenvalue weighted by Crippen LogP contribution is -2.39. The maximum absolute atomic E-state index is 12.1. The minimum atomic E-state index is -0.231. The molecule has 1 aromatic rings. The summed E-state index contributed by atoms with van der Waals surface area (Å²) >= 11 is 0. The molecular formula is C16H22N2O3. The minimum absolute atomic E-state index is 0.0568. The van der Waals surface area contributed by atoms with Gasteiger partial charge in [-0.15, -0.1) is 0 Å². The average molecular weight is 290 g/mol. The molecule has 0 aliphatic carbocycles. The van der Waals surface area contributed by atoms with E-state index in [2.05, 4.69) is 17.6 Å². The van der Waals surface area contributed by atoms with Gasteiger partial charge >= 0.3 is 0 Å². The maximum Gasteiger partial charge on any atom is 0.255 e. The molecule has 1 amide bonds. The number of nitrogens with one attached hydrogen (secondary N) is 2.